The lowest BCUT2D eigenvalue weighted by molar-refractivity contribution is -0.276. The first-order chi connectivity index (χ1) is 8.95. The molecule has 0 amide bonds. The first kappa shape index (κ1) is 16.3. The molecule has 0 aromatic carbocycles. The summed E-state index contributed by atoms with van der Waals surface area (Å²) < 4.78 is 77.1. The van der Waals surface area contributed by atoms with Crippen molar-refractivity contribution in [1.29, 1.82) is 0 Å². The molecule has 0 atom stereocenters. The second kappa shape index (κ2) is 5.35. The molecule has 0 aliphatic carbocycles. The summed E-state index contributed by atoms with van der Waals surface area (Å²) in [5.41, 5.74) is -4.02. The van der Waals surface area contributed by atoms with Crippen LogP contribution in [0.3, 0.4) is 0 Å². The van der Waals surface area contributed by atoms with Gasteiger partial charge >= 0.3 is 18.5 Å². The van der Waals surface area contributed by atoms with E-state index in [1.807, 2.05) is 0 Å². The van der Waals surface area contributed by atoms with Crippen LogP contribution in [0.2, 0.25) is 0 Å². The third-order valence-electron chi connectivity index (χ3n) is 1.92. The summed E-state index contributed by atoms with van der Waals surface area (Å²) in [6.07, 6.45) is -10.6. The molecule has 0 spiro atoms. The molecule has 0 radical (unpaired) electrons. The van der Waals surface area contributed by atoms with E-state index in [0.29, 0.717) is 6.07 Å². The molecule has 0 unspecified atom stereocenters. The van der Waals surface area contributed by atoms with Crippen molar-refractivity contribution in [2.75, 3.05) is 0 Å². The van der Waals surface area contributed by atoms with Crippen molar-refractivity contribution in [2.24, 2.45) is 0 Å². The standard InChI is InChI=1S/C9H4ClF6NO3/c10-2-3-1-4(20-9(14,15)16)17-6(8(11,12)13)5(3)7(18)19/h1H,2H2,(H,18,19). The first-order valence-corrected chi connectivity index (χ1v) is 5.15. The van der Waals surface area contributed by atoms with Crippen LogP contribution in [0.25, 0.3) is 0 Å². The largest absolute Gasteiger partial charge is 0.574 e. The fraction of sp³-hybridized carbons (Fsp3) is 0.333. The Labute approximate surface area is 111 Å². The number of alkyl halides is 7. The summed E-state index contributed by atoms with van der Waals surface area (Å²) in [5, 5.41) is 8.70. The molecule has 11 heteroatoms. The minimum absolute atomic E-state index is 0.388. The molecule has 1 aromatic rings. The Hall–Kier alpha value is -1.71. The molecule has 1 heterocycles. The molecule has 0 saturated carbocycles. The second-order valence-corrected chi connectivity index (χ2v) is 3.59. The summed E-state index contributed by atoms with van der Waals surface area (Å²) in [4.78, 5) is 13.3. The summed E-state index contributed by atoms with van der Waals surface area (Å²) in [7, 11) is 0. The van der Waals surface area contributed by atoms with E-state index >= 15 is 0 Å². The summed E-state index contributed by atoms with van der Waals surface area (Å²) in [5.74, 6) is -4.22. The minimum Gasteiger partial charge on any atom is -0.478 e. The third kappa shape index (κ3) is 3.89. The number of ether oxygens (including phenoxy) is 1. The molecule has 0 bridgehead atoms. The Bertz CT molecular complexity index is 528. The average molecular weight is 324 g/mol. The molecular weight excluding hydrogens is 320 g/mol. The predicted molar refractivity (Wildman–Crippen MR) is 52.4 cm³/mol. The van der Waals surface area contributed by atoms with E-state index < -0.39 is 47.1 Å². The van der Waals surface area contributed by atoms with Crippen LogP contribution in [-0.2, 0) is 12.1 Å². The number of carbonyl (C=O) groups is 1. The van der Waals surface area contributed by atoms with Crippen LogP contribution >= 0.6 is 11.6 Å². The van der Waals surface area contributed by atoms with Crippen molar-refractivity contribution in [3.05, 3.63) is 22.9 Å². The molecule has 1 aromatic heterocycles. The van der Waals surface area contributed by atoms with Crippen molar-refractivity contribution >= 4 is 17.6 Å². The third-order valence-corrected chi connectivity index (χ3v) is 2.21. The lowest BCUT2D eigenvalue weighted by Gasteiger charge is -2.15. The van der Waals surface area contributed by atoms with Gasteiger partial charge in [0, 0.05) is 11.9 Å². The summed E-state index contributed by atoms with van der Waals surface area (Å²) in [6, 6.07) is 0.388. The van der Waals surface area contributed by atoms with Gasteiger partial charge in [0.25, 0.3) is 0 Å². The van der Waals surface area contributed by atoms with Crippen molar-refractivity contribution in [2.45, 2.75) is 18.4 Å². The maximum Gasteiger partial charge on any atom is 0.574 e. The maximum absolute atomic E-state index is 12.6. The van der Waals surface area contributed by atoms with Crippen LogP contribution < -0.4 is 4.74 Å². The van der Waals surface area contributed by atoms with Crippen LogP contribution in [0.15, 0.2) is 6.07 Å². The van der Waals surface area contributed by atoms with Crippen molar-refractivity contribution < 1.29 is 41.0 Å². The van der Waals surface area contributed by atoms with Crippen molar-refractivity contribution in [3.63, 3.8) is 0 Å². The number of rotatable bonds is 3. The first-order valence-electron chi connectivity index (χ1n) is 4.62. The molecule has 20 heavy (non-hydrogen) atoms. The van der Waals surface area contributed by atoms with Gasteiger partial charge in [0.2, 0.25) is 5.88 Å². The number of pyridine rings is 1. The Balaban J connectivity index is 3.52. The van der Waals surface area contributed by atoms with Crippen molar-refractivity contribution in [3.8, 4) is 5.88 Å². The zero-order valence-corrected chi connectivity index (χ0v) is 9.90. The lowest BCUT2D eigenvalue weighted by atomic mass is 10.1. The van der Waals surface area contributed by atoms with Gasteiger partial charge in [0.1, 0.15) is 0 Å². The maximum atomic E-state index is 12.6. The number of aromatic nitrogens is 1. The smallest absolute Gasteiger partial charge is 0.478 e. The Morgan fingerprint density at radius 2 is 1.85 bits per heavy atom. The highest BCUT2D eigenvalue weighted by molar-refractivity contribution is 6.17. The molecule has 4 nitrogen and oxygen atoms in total. The van der Waals surface area contributed by atoms with Gasteiger partial charge in [0.05, 0.1) is 5.56 Å². The molecule has 1 N–H and O–H groups in total. The Kier molecular flexibility index (Phi) is 4.37. The SMILES string of the molecule is O=C(O)c1c(CCl)cc(OC(F)(F)F)nc1C(F)(F)F. The van der Waals surface area contributed by atoms with Crippen LogP contribution in [0.4, 0.5) is 26.3 Å². The molecular formula is C9H4ClF6NO3. The van der Waals surface area contributed by atoms with Gasteiger partial charge in [-0.2, -0.15) is 13.2 Å². The van der Waals surface area contributed by atoms with Crippen molar-refractivity contribution in [1.82, 2.24) is 4.98 Å². The fourth-order valence-corrected chi connectivity index (χ4v) is 1.50. The number of carboxylic acid groups (broad SMARTS) is 1. The van der Waals surface area contributed by atoms with E-state index in [1.165, 1.54) is 0 Å². The number of halogens is 7. The highest BCUT2D eigenvalue weighted by Crippen LogP contribution is 2.35. The Morgan fingerprint density at radius 3 is 2.20 bits per heavy atom. The molecule has 0 saturated heterocycles. The van der Waals surface area contributed by atoms with Crippen LogP contribution in [0, 0.1) is 0 Å². The molecule has 0 aliphatic rings. The van der Waals surface area contributed by atoms with Gasteiger partial charge in [-0.3, -0.25) is 0 Å². The number of nitrogens with zero attached hydrogens (tertiary/aromatic N) is 1. The minimum atomic E-state index is -5.28. The van der Waals surface area contributed by atoms with Gasteiger partial charge < -0.3 is 9.84 Å². The zero-order valence-electron chi connectivity index (χ0n) is 9.14. The van der Waals surface area contributed by atoms with E-state index in [2.05, 4.69) is 9.72 Å². The normalized spacial score (nSPS) is 12.3. The fourth-order valence-electron chi connectivity index (χ4n) is 1.29. The van der Waals surface area contributed by atoms with Gasteiger partial charge in [-0.15, -0.1) is 24.8 Å². The highest BCUT2D eigenvalue weighted by atomic mass is 35.5. The van der Waals surface area contributed by atoms with Crippen LogP contribution in [-0.4, -0.2) is 22.4 Å². The van der Waals surface area contributed by atoms with Crippen LogP contribution in [0.5, 0.6) is 5.88 Å². The zero-order chi connectivity index (χ0) is 15.7. The Morgan fingerprint density at radius 1 is 1.30 bits per heavy atom. The van der Waals surface area contributed by atoms with E-state index in [-0.39, 0.29) is 0 Å². The van der Waals surface area contributed by atoms with Gasteiger partial charge in [0.15, 0.2) is 5.69 Å². The molecule has 112 valence electrons. The van der Waals surface area contributed by atoms with E-state index in [1.54, 1.807) is 0 Å². The highest BCUT2D eigenvalue weighted by Gasteiger charge is 2.41. The number of hydrogen-bond acceptors (Lipinski definition) is 3. The van der Waals surface area contributed by atoms with Gasteiger partial charge in [-0.25, -0.2) is 9.78 Å². The quantitative estimate of drug-likeness (QED) is 0.684. The number of hydrogen-bond donors (Lipinski definition) is 1. The molecule has 0 fully saturated rings. The molecule has 0 aliphatic heterocycles. The monoisotopic (exact) mass is 323 g/mol. The summed E-state index contributed by atoms with van der Waals surface area (Å²) in [6.45, 7) is 0. The molecule has 1 rings (SSSR count). The number of aromatic carboxylic acids is 1. The van der Waals surface area contributed by atoms with Gasteiger partial charge in [-0.05, 0) is 5.56 Å². The summed E-state index contributed by atoms with van der Waals surface area (Å²) >= 11 is 5.25. The lowest BCUT2D eigenvalue weighted by Crippen LogP contribution is -2.22. The van der Waals surface area contributed by atoms with Crippen LogP contribution in [0.1, 0.15) is 21.6 Å². The van der Waals surface area contributed by atoms with E-state index in [4.69, 9.17) is 16.7 Å². The topological polar surface area (TPSA) is 59.4 Å². The second-order valence-electron chi connectivity index (χ2n) is 3.33. The number of carboxylic acids is 1. The van der Waals surface area contributed by atoms with E-state index in [0.717, 1.165) is 0 Å². The predicted octanol–water partition coefficient (Wildman–Crippen LogP) is 3.44. The van der Waals surface area contributed by atoms with Gasteiger partial charge in [-0.1, -0.05) is 0 Å². The average Bonchev–Trinajstić information content (AvgIpc) is 2.23. The van der Waals surface area contributed by atoms with E-state index in [9.17, 15) is 31.1 Å².